The molecule has 1 fully saturated rings. The maximum atomic E-state index is 4.28. The largest absolute Gasteiger partial charge is 0.374 e. The number of aromatic nitrogens is 2. The molecule has 19 heavy (non-hydrogen) atoms. The van der Waals surface area contributed by atoms with E-state index in [-0.39, 0.29) is 0 Å². The molecule has 1 aliphatic heterocycles. The maximum absolute atomic E-state index is 4.28. The van der Waals surface area contributed by atoms with Gasteiger partial charge in [0, 0.05) is 24.6 Å². The van der Waals surface area contributed by atoms with E-state index in [1.807, 2.05) is 0 Å². The van der Waals surface area contributed by atoms with Crippen LogP contribution in [0.5, 0.6) is 0 Å². The van der Waals surface area contributed by atoms with E-state index in [0.29, 0.717) is 0 Å². The van der Waals surface area contributed by atoms with Crippen molar-refractivity contribution in [2.24, 2.45) is 11.8 Å². The van der Waals surface area contributed by atoms with E-state index in [1.165, 1.54) is 37.5 Å². The summed E-state index contributed by atoms with van der Waals surface area (Å²) in [7, 11) is 0. The molecule has 0 unspecified atom stereocenters. The summed E-state index contributed by atoms with van der Waals surface area (Å²) in [6.45, 7) is 11.2. The molecule has 1 saturated heterocycles. The van der Waals surface area contributed by atoms with Gasteiger partial charge >= 0.3 is 0 Å². The molecule has 0 aromatic carbocycles. The van der Waals surface area contributed by atoms with Gasteiger partial charge in [0.2, 0.25) is 0 Å². The van der Waals surface area contributed by atoms with E-state index in [0.717, 1.165) is 42.0 Å². The van der Waals surface area contributed by atoms with Crippen LogP contribution in [0.25, 0.3) is 0 Å². The maximum Gasteiger partial charge on any atom is 0.134 e. The molecule has 0 saturated carbocycles. The first kappa shape index (κ1) is 14.7. The number of likely N-dealkylation sites (tertiary alicyclic amines) is 1. The van der Waals surface area contributed by atoms with Gasteiger partial charge in [-0.25, -0.2) is 0 Å². The molecule has 0 aliphatic carbocycles. The van der Waals surface area contributed by atoms with E-state index < -0.39 is 0 Å². The lowest BCUT2D eigenvalue weighted by Gasteiger charge is -2.33. The van der Waals surface area contributed by atoms with Crippen molar-refractivity contribution in [2.45, 2.75) is 46.6 Å². The van der Waals surface area contributed by atoms with Crippen LogP contribution in [0.4, 0.5) is 5.00 Å². The van der Waals surface area contributed by atoms with Gasteiger partial charge in [-0.2, -0.15) is 0 Å². The minimum Gasteiger partial charge on any atom is -0.374 e. The number of piperidine rings is 1. The molecular weight excluding hydrogens is 256 g/mol. The van der Waals surface area contributed by atoms with Gasteiger partial charge in [0.25, 0.3) is 0 Å². The number of hydrogen-bond acceptors (Lipinski definition) is 5. The van der Waals surface area contributed by atoms with Gasteiger partial charge in [-0.1, -0.05) is 25.3 Å². The molecule has 1 aromatic rings. The second-order valence-corrected chi connectivity index (χ2v) is 6.59. The Hall–Kier alpha value is -0.680. The molecular formula is C14H26N4S. The molecule has 1 aliphatic rings. The van der Waals surface area contributed by atoms with Gasteiger partial charge in [0.1, 0.15) is 10.7 Å². The first-order valence-electron chi connectivity index (χ1n) is 7.48. The van der Waals surface area contributed by atoms with E-state index in [4.69, 9.17) is 0 Å². The molecule has 2 heterocycles. The lowest BCUT2D eigenvalue weighted by Crippen LogP contribution is -2.35. The Kier molecular flexibility index (Phi) is 5.58. The summed E-state index contributed by atoms with van der Waals surface area (Å²) in [4.78, 5) is 2.52. The third-order valence-corrected chi connectivity index (χ3v) is 4.77. The van der Waals surface area contributed by atoms with Crippen LogP contribution in [-0.2, 0) is 6.54 Å². The number of hydrogen-bond donors (Lipinski definition) is 1. The summed E-state index contributed by atoms with van der Waals surface area (Å²) in [5, 5.41) is 8.87. The van der Waals surface area contributed by atoms with Crippen LogP contribution in [0.3, 0.4) is 0 Å². The lowest BCUT2D eigenvalue weighted by molar-refractivity contribution is 0.151. The smallest absolute Gasteiger partial charge is 0.134 e. The molecule has 1 aromatic heterocycles. The normalized spacial score (nSPS) is 18.1. The van der Waals surface area contributed by atoms with Crippen LogP contribution in [-0.4, -0.2) is 34.1 Å². The monoisotopic (exact) mass is 282 g/mol. The highest BCUT2D eigenvalue weighted by Crippen LogP contribution is 2.26. The lowest BCUT2D eigenvalue weighted by atomic mass is 9.87. The summed E-state index contributed by atoms with van der Waals surface area (Å²) in [5.41, 5.74) is 1.13. The summed E-state index contributed by atoms with van der Waals surface area (Å²) < 4.78 is 4.09. The summed E-state index contributed by atoms with van der Waals surface area (Å²) in [6.07, 6.45) is 3.79. The second kappa shape index (κ2) is 7.20. The van der Waals surface area contributed by atoms with Gasteiger partial charge in [-0.15, -0.1) is 5.10 Å². The van der Waals surface area contributed by atoms with E-state index >= 15 is 0 Å². The van der Waals surface area contributed by atoms with Crippen LogP contribution in [0.1, 0.15) is 45.7 Å². The van der Waals surface area contributed by atoms with Crippen molar-refractivity contribution in [3.8, 4) is 0 Å². The SMILES string of the molecule is CCCNc1snnc1CN1CCC(C(C)C)CC1. The highest BCUT2D eigenvalue weighted by Gasteiger charge is 2.22. The molecule has 1 N–H and O–H groups in total. The molecule has 108 valence electrons. The zero-order chi connectivity index (χ0) is 13.7. The Labute approximate surface area is 120 Å². The van der Waals surface area contributed by atoms with E-state index in [9.17, 15) is 0 Å². The average Bonchev–Trinajstić information content (AvgIpc) is 2.84. The van der Waals surface area contributed by atoms with Crippen LogP contribution >= 0.6 is 11.5 Å². The average molecular weight is 282 g/mol. The Morgan fingerprint density at radius 1 is 1.37 bits per heavy atom. The fourth-order valence-corrected chi connectivity index (χ4v) is 3.27. The van der Waals surface area contributed by atoms with Gasteiger partial charge < -0.3 is 5.32 Å². The van der Waals surface area contributed by atoms with Crippen molar-refractivity contribution < 1.29 is 0 Å². The number of nitrogens with one attached hydrogen (secondary N) is 1. The fourth-order valence-electron chi connectivity index (χ4n) is 2.67. The zero-order valence-electron chi connectivity index (χ0n) is 12.4. The van der Waals surface area contributed by atoms with Crippen molar-refractivity contribution in [3.05, 3.63) is 5.69 Å². The molecule has 4 nitrogen and oxygen atoms in total. The Bertz CT molecular complexity index is 369. The first-order valence-corrected chi connectivity index (χ1v) is 8.25. The Morgan fingerprint density at radius 2 is 2.11 bits per heavy atom. The van der Waals surface area contributed by atoms with Crippen molar-refractivity contribution in [1.82, 2.24) is 14.5 Å². The van der Waals surface area contributed by atoms with Crippen LogP contribution in [0, 0.1) is 11.8 Å². The zero-order valence-corrected chi connectivity index (χ0v) is 13.2. The van der Waals surface area contributed by atoms with Gasteiger partial charge in [0.15, 0.2) is 0 Å². The van der Waals surface area contributed by atoms with Crippen LogP contribution in [0.15, 0.2) is 0 Å². The van der Waals surface area contributed by atoms with Crippen molar-refractivity contribution >= 4 is 16.5 Å². The van der Waals surface area contributed by atoms with Crippen molar-refractivity contribution in [1.29, 1.82) is 0 Å². The van der Waals surface area contributed by atoms with Gasteiger partial charge in [-0.3, -0.25) is 4.90 Å². The van der Waals surface area contributed by atoms with Gasteiger partial charge in [0.05, 0.1) is 0 Å². The highest BCUT2D eigenvalue weighted by atomic mass is 32.1. The van der Waals surface area contributed by atoms with Crippen molar-refractivity contribution in [2.75, 3.05) is 25.0 Å². The summed E-state index contributed by atoms with van der Waals surface area (Å²) in [5.74, 6) is 1.73. The third-order valence-electron chi connectivity index (χ3n) is 4.04. The minimum absolute atomic E-state index is 0.824. The highest BCUT2D eigenvalue weighted by molar-refractivity contribution is 7.10. The van der Waals surface area contributed by atoms with E-state index in [2.05, 4.69) is 40.6 Å². The quantitative estimate of drug-likeness (QED) is 0.870. The number of rotatable bonds is 6. The molecule has 0 spiro atoms. The predicted octanol–water partition coefficient (Wildman–Crippen LogP) is 3.23. The minimum atomic E-state index is 0.824. The molecule has 0 radical (unpaired) electrons. The van der Waals surface area contributed by atoms with E-state index in [1.54, 1.807) is 0 Å². The first-order chi connectivity index (χ1) is 9.20. The molecule has 5 heteroatoms. The molecule has 2 rings (SSSR count). The van der Waals surface area contributed by atoms with Crippen LogP contribution in [0.2, 0.25) is 0 Å². The van der Waals surface area contributed by atoms with Crippen LogP contribution < -0.4 is 5.32 Å². The summed E-state index contributed by atoms with van der Waals surface area (Å²) in [6, 6.07) is 0. The standard InChI is InChI=1S/C14H26N4S/c1-4-7-15-14-13(16-17-19-14)10-18-8-5-12(6-9-18)11(2)3/h11-12,15H,4-10H2,1-3H3. The second-order valence-electron chi connectivity index (χ2n) is 5.83. The third kappa shape index (κ3) is 4.14. The predicted molar refractivity (Wildman–Crippen MR) is 81.5 cm³/mol. The number of anilines is 1. The Balaban J connectivity index is 1.83. The molecule has 0 bridgehead atoms. The molecule has 0 amide bonds. The summed E-state index contributed by atoms with van der Waals surface area (Å²) >= 11 is 1.48. The number of nitrogens with zero attached hydrogens (tertiary/aromatic N) is 3. The Morgan fingerprint density at radius 3 is 2.74 bits per heavy atom. The fraction of sp³-hybridized carbons (Fsp3) is 0.857. The molecule has 0 atom stereocenters. The van der Waals surface area contributed by atoms with Gasteiger partial charge in [-0.05, 0) is 44.2 Å². The topological polar surface area (TPSA) is 41.1 Å². The van der Waals surface area contributed by atoms with Crippen molar-refractivity contribution in [3.63, 3.8) is 0 Å².